The van der Waals surface area contributed by atoms with Gasteiger partial charge < -0.3 is 10.5 Å². The van der Waals surface area contributed by atoms with E-state index < -0.39 is 0 Å². The van der Waals surface area contributed by atoms with Gasteiger partial charge in [-0.3, -0.25) is 0 Å². The van der Waals surface area contributed by atoms with Crippen molar-refractivity contribution in [3.8, 4) is 6.19 Å². The average Bonchev–Trinajstić information content (AvgIpc) is 2.68. The fourth-order valence-corrected chi connectivity index (χ4v) is 2.60. The van der Waals surface area contributed by atoms with Gasteiger partial charge in [0.15, 0.2) is 0 Å². The molecule has 25 heavy (non-hydrogen) atoms. The maximum absolute atomic E-state index is 11.5. The molecule has 0 aliphatic carbocycles. The van der Waals surface area contributed by atoms with Gasteiger partial charge in [0.25, 0.3) is 6.19 Å². The summed E-state index contributed by atoms with van der Waals surface area (Å²) in [6, 6.07) is 27.1. The molecule has 0 saturated carbocycles. The predicted octanol–water partition coefficient (Wildman–Crippen LogP) is 4.96. The standard InChI is InChI=1S/C20H16N4O/c21-15-22-24(25)19-13-11-18(12-14-19)23-20(16-7-3-1-4-8-16)17-9-5-2-6-10-17/h1-14,20,23H. The number of nitrogens with one attached hydrogen (secondary N) is 1. The van der Waals surface area contributed by atoms with Crippen molar-refractivity contribution < 1.29 is 4.86 Å². The summed E-state index contributed by atoms with van der Waals surface area (Å²) in [5.41, 5.74) is 3.46. The molecule has 3 aromatic rings. The number of benzene rings is 3. The van der Waals surface area contributed by atoms with E-state index in [0.717, 1.165) is 16.8 Å². The molecule has 0 saturated heterocycles. The second-order valence-corrected chi connectivity index (χ2v) is 5.42. The summed E-state index contributed by atoms with van der Waals surface area (Å²) >= 11 is 0. The van der Waals surface area contributed by atoms with E-state index in [0.29, 0.717) is 10.5 Å². The van der Waals surface area contributed by atoms with Crippen molar-refractivity contribution in [3.63, 3.8) is 0 Å². The lowest BCUT2D eigenvalue weighted by molar-refractivity contribution is -0.435. The molecule has 0 atom stereocenters. The third kappa shape index (κ3) is 4.01. The lowest BCUT2D eigenvalue weighted by Crippen LogP contribution is -2.12. The summed E-state index contributed by atoms with van der Waals surface area (Å²) in [5.74, 6) is 0. The van der Waals surface area contributed by atoms with Gasteiger partial charge in [0, 0.05) is 17.8 Å². The second-order valence-electron chi connectivity index (χ2n) is 5.42. The molecule has 0 amide bonds. The van der Waals surface area contributed by atoms with Gasteiger partial charge in [-0.05, 0) is 28.1 Å². The first-order valence-corrected chi connectivity index (χ1v) is 7.81. The second kappa shape index (κ2) is 7.75. The minimum atomic E-state index is -0.0135. The zero-order valence-corrected chi connectivity index (χ0v) is 13.4. The molecule has 0 unspecified atom stereocenters. The zero-order chi connectivity index (χ0) is 17.5. The molecular formula is C20H16N4O. The summed E-state index contributed by atoms with van der Waals surface area (Å²) in [6.45, 7) is 0. The molecule has 5 heteroatoms. The highest BCUT2D eigenvalue weighted by Gasteiger charge is 2.14. The van der Waals surface area contributed by atoms with Crippen molar-refractivity contribution in [2.45, 2.75) is 6.04 Å². The van der Waals surface area contributed by atoms with Crippen molar-refractivity contribution in [1.29, 1.82) is 5.26 Å². The van der Waals surface area contributed by atoms with Gasteiger partial charge in [-0.15, -0.1) is 0 Å². The predicted molar refractivity (Wildman–Crippen MR) is 96.1 cm³/mol. The summed E-state index contributed by atoms with van der Waals surface area (Å²) in [7, 11) is 0. The summed E-state index contributed by atoms with van der Waals surface area (Å²) in [5, 5.41) is 26.6. The first-order chi connectivity index (χ1) is 12.3. The van der Waals surface area contributed by atoms with E-state index in [-0.39, 0.29) is 6.04 Å². The maximum Gasteiger partial charge on any atom is 0.274 e. The number of azo groups is 1. The van der Waals surface area contributed by atoms with Crippen LogP contribution < -0.4 is 5.32 Å². The van der Waals surface area contributed by atoms with Gasteiger partial charge in [0.1, 0.15) is 0 Å². The zero-order valence-electron chi connectivity index (χ0n) is 13.4. The van der Waals surface area contributed by atoms with E-state index in [2.05, 4.69) is 34.7 Å². The molecule has 0 spiro atoms. The third-order valence-electron chi connectivity index (χ3n) is 3.80. The highest BCUT2D eigenvalue weighted by Crippen LogP contribution is 2.27. The lowest BCUT2D eigenvalue weighted by Gasteiger charge is -2.21. The summed E-state index contributed by atoms with van der Waals surface area (Å²) in [6.07, 6.45) is 1.48. The Labute approximate surface area is 146 Å². The van der Waals surface area contributed by atoms with Gasteiger partial charge in [-0.1, -0.05) is 60.7 Å². The number of rotatable bonds is 5. The topological polar surface area (TPSA) is 74.2 Å². The normalized spacial score (nSPS) is 11.1. The Morgan fingerprint density at radius 1 is 0.840 bits per heavy atom. The molecule has 0 radical (unpaired) electrons. The summed E-state index contributed by atoms with van der Waals surface area (Å²) in [4.78, 5) is 0.301. The van der Waals surface area contributed by atoms with E-state index in [1.54, 1.807) is 24.3 Å². The van der Waals surface area contributed by atoms with E-state index >= 15 is 0 Å². The number of anilines is 1. The first kappa shape index (κ1) is 16.2. The van der Waals surface area contributed by atoms with Crippen molar-refractivity contribution in [1.82, 2.24) is 0 Å². The molecule has 0 heterocycles. The van der Waals surface area contributed by atoms with E-state index in [4.69, 9.17) is 5.26 Å². The monoisotopic (exact) mass is 328 g/mol. The fraction of sp³-hybridized carbons (Fsp3) is 0.0500. The lowest BCUT2D eigenvalue weighted by atomic mass is 9.98. The fourth-order valence-electron chi connectivity index (χ4n) is 2.60. The first-order valence-electron chi connectivity index (χ1n) is 7.81. The average molecular weight is 328 g/mol. The Balaban J connectivity index is 1.89. The highest BCUT2D eigenvalue weighted by atomic mass is 16.5. The molecule has 0 bridgehead atoms. The third-order valence-corrected chi connectivity index (χ3v) is 3.80. The van der Waals surface area contributed by atoms with Crippen molar-refractivity contribution in [2.24, 2.45) is 5.11 Å². The van der Waals surface area contributed by atoms with Crippen molar-refractivity contribution >= 4 is 11.4 Å². The van der Waals surface area contributed by atoms with Gasteiger partial charge in [0.2, 0.25) is 5.69 Å². The quantitative estimate of drug-likeness (QED) is 0.311. The maximum atomic E-state index is 11.5. The molecule has 1 N–H and O–H groups in total. The van der Waals surface area contributed by atoms with Gasteiger partial charge >= 0.3 is 0 Å². The Kier molecular flexibility index (Phi) is 5.03. The van der Waals surface area contributed by atoms with Gasteiger partial charge in [-0.25, -0.2) is 0 Å². The number of nitriles is 1. The molecule has 0 aromatic heterocycles. The Hall–Kier alpha value is -3.65. The van der Waals surface area contributed by atoms with Crippen LogP contribution in [-0.2, 0) is 0 Å². The van der Waals surface area contributed by atoms with E-state index in [1.165, 1.54) is 6.19 Å². The van der Waals surface area contributed by atoms with Crippen LogP contribution in [0.15, 0.2) is 90.0 Å². The van der Waals surface area contributed by atoms with Crippen molar-refractivity contribution in [3.05, 3.63) is 101 Å². The van der Waals surface area contributed by atoms with Crippen LogP contribution in [0.4, 0.5) is 11.4 Å². The van der Waals surface area contributed by atoms with E-state index in [1.807, 2.05) is 36.4 Å². The minimum absolute atomic E-state index is 0.0135. The molecular weight excluding hydrogens is 312 g/mol. The molecule has 0 aliphatic rings. The SMILES string of the molecule is N#CN=[N+]([O-])c1ccc(NC(c2ccccc2)c2ccccc2)cc1. The number of hydrogen-bond acceptors (Lipinski definition) is 4. The number of hydrogen-bond donors (Lipinski definition) is 1. The van der Waals surface area contributed by atoms with Gasteiger partial charge in [0.05, 0.1) is 11.2 Å². The van der Waals surface area contributed by atoms with Crippen LogP contribution in [0, 0.1) is 16.7 Å². The van der Waals surface area contributed by atoms with Crippen LogP contribution >= 0.6 is 0 Å². The van der Waals surface area contributed by atoms with Crippen LogP contribution in [-0.4, -0.2) is 4.86 Å². The van der Waals surface area contributed by atoms with Crippen LogP contribution in [0.5, 0.6) is 0 Å². The van der Waals surface area contributed by atoms with Gasteiger partial charge in [-0.2, -0.15) is 5.26 Å². The van der Waals surface area contributed by atoms with Crippen LogP contribution in [0.1, 0.15) is 17.2 Å². The molecule has 3 aromatic carbocycles. The molecule has 5 nitrogen and oxygen atoms in total. The van der Waals surface area contributed by atoms with Crippen LogP contribution in [0.25, 0.3) is 0 Å². The Morgan fingerprint density at radius 3 is 1.84 bits per heavy atom. The Morgan fingerprint density at radius 2 is 1.36 bits per heavy atom. The number of nitrogens with zero attached hydrogens (tertiary/aromatic N) is 3. The van der Waals surface area contributed by atoms with Crippen LogP contribution in [0.3, 0.4) is 0 Å². The smallest absolute Gasteiger partial charge is 0.274 e. The largest absolute Gasteiger partial charge is 0.593 e. The van der Waals surface area contributed by atoms with Crippen LogP contribution in [0.2, 0.25) is 0 Å². The molecule has 122 valence electrons. The Bertz CT molecular complexity index is 845. The summed E-state index contributed by atoms with van der Waals surface area (Å²) < 4.78 is 0. The highest BCUT2D eigenvalue weighted by molar-refractivity contribution is 5.52. The van der Waals surface area contributed by atoms with E-state index in [9.17, 15) is 5.21 Å². The molecule has 0 aliphatic heterocycles. The molecule has 0 fully saturated rings. The minimum Gasteiger partial charge on any atom is -0.593 e. The molecule has 3 rings (SSSR count). The van der Waals surface area contributed by atoms with Crippen molar-refractivity contribution in [2.75, 3.05) is 5.32 Å².